The Bertz CT molecular complexity index is 1130. The Morgan fingerprint density at radius 1 is 1.29 bits per heavy atom. The first-order valence-corrected chi connectivity index (χ1v) is 9.84. The van der Waals surface area contributed by atoms with Gasteiger partial charge in [-0.2, -0.15) is 5.10 Å². The molecule has 1 N–H and O–H groups in total. The molecule has 31 heavy (non-hydrogen) atoms. The fourth-order valence-corrected chi connectivity index (χ4v) is 3.22. The van der Waals surface area contributed by atoms with E-state index in [1.165, 1.54) is 18.2 Å². The highest BCUT2D eigenvalue weighted by atomic mass is 35.5. The van der Waals surface area contributed by atoms with Gasteiger partial charge in [0, 0.05) is 12.1 Å². The van der Waals surface area contributed by atoms with Crippen LogP contribution < -0.4 is 19.5 Å². The summed E-state index contributed by atoms with van der Waals surface area (Å²) in [6.07, 6.45) is 4.59. The Balaban J connectivity index is 1.45. The summed E-state index contributed by atoms with van der Waals surface area (Å²) in [7, 11) is 1.54. The molecule has 1 aromatic heterocycles. The molecule has 3 aromatic rings. The first-order valence-electron chi connectivity index (χ1n) is 9.46. The number of carbonyl (C=O) groups is 1. The van der Waals surface area contributed by atoms with Gasteiger partial charge >= 0.3 is 0 Å². The molecule has 0 unspecified atom stereocenters. The third-order valence-corrected chi connectivity index (χ3v) is 4.87. The number of amides is 1. The van der Waals surface area contributed by atoms with Crippen LogP contribution in [0.15, 0.2) is 48.7 Å². The van der Waals surface area contributed by atoms with Crippen molar-refractivity contribution in [2.45, 2.75) is 6.54 Å². The van der Waals surface area contributed by atoms with Crippen LogP contribution in [0.5, 0.6) is 17.2 Å². The van der Waals surface area contributed by atoms with Crippen molar-refractivity contribution < 1.29 is 23.4 Å². The van der Waals surface area contributed by atoms with Gasteiger partial charge in [-0.1, -0.05) is 17.7 Å². The van der Waals surface area contributed by atoms with E-state index in [9.17, 15) is 9.18 Å². The van der Waals surface area contributed by atoms with Gasteiger partial charge in [0.05, 0.1) is 24.9 Å². The van der Waals surface area contributed by atoms with Crippen LogP contribution in [-0.4, -0.2) is 36.0 Å². The summed E-state index contributed by atoms with van der Waals surface area (Å²) in [6.45, 7) is 1.18. The van der Waals surface area contributed by atoms with Crippen molar-refractivity contribution in [1.29, 1.82) is 0 Å². The minimum Gasteiger partial charge on any atom is -0.493 e. The minimum absolute atomic E-state index is 0.0543. The monoisotopic (exact) mass is 443 g/mol. The molecule has 0 radical (unpaired) electrons. The molecule has 1 amide bonds. The van der Waals surface area contributed by atoms with Crippen LogP contribution >= 0.6 is 11.6 Å². The Labute approximate surface area is 183 Å². The smallest absolute Gasteiger partial charge is 0.249 e. The van der Waals surface area contributed by atoms with E-state index in [0.29, 0.717) is 41.8 Å². The van der Waals surface area contributed by atoms with Crippen molar-refractivity contribution in [3.8, 4) is 17.2 Å². The maximum Gasteiger partial charge on any atom is 0.249 e. The lowest BCUT2D eigenvalue weighted by Crippen LogP contribution is -2.16. The second-order valence-electron chi connectivity index (χ2n) is 6.69. The van der Waals surface area contributed by atoms with Gasteiger partial charge in [-0.3, -0.25) is 4.79 Å². The molecule has 1 aliphatic rings. The van der Waals surface area contributed by atoms with Crippen LogP contribution in [0.25, 0.3) is 6.08 Å². The molecule has 0 atom stereocenters. The fraction of sp³-hybridized carbons (Fsp3) is 0.182. The Morgan fingerprint density at radius 3 is 2.94 bits per heavy atom. The second kappa shape index (κ2) is 9.09. The molecule has 160 valence electrons. The van der Waals surface area contributed by atoms with Crippen LogP contribution in [0.2, 0.25) is 5.02 Å². The average Bonchev–Trinajstić information content (AvgIpc) is 3.20. The molecular weight excluding hydrogens is 425 g/mol. The Kier molecular flexibility index (Phi) is 6.08. The molecule has 0 aliphatic carbocycles. The minimum atomic E-state index is -0.505. The lowest BCUT2D eigenvalue weighted by atomic mass is 10.1. The number of carbonyl (C=O) groups excluding carboxylic acids is 1. The molecule has 7 nitrogen and oxygen atoms in total. The third kappa shape index (κ3) is 4.80. The van der Waals surface area contributed by atoms with Crippen LogP contribution in [0, 0.1) is 5.82 Å². The van der Waals surface area contributed by atoms with E-state index < -0.39 is 5.82 Å². The second-order valence-corrected chi connectivity index (χ2v) is 7.10. The van der Waals surface area contributed by atoms with Gasteiger partial charge in [0.15, 0.2) is 11.5 Å². The van der Waals surface area contributed by atoms with Gasteiger partial charge in [-0.05, 0) is 41.5 Å². The normalized spacial score (nSPS) is 12.7. The molecule has 4 rings (SSSR count). The standard InChI is InChI=1S/C22H19ClFN3O4/c1-29-18-11-14(12-19-22(18)31-9-8-30-19)3-5-21(28)26-20-6-7-25-27(20)13-15-2-4-16(23)17(24)10-15/h2-7,10-12H,8-9,13H2,1H3,(H,26,28). The van der Waals surface area contributed by atoms with Crippen molar-refractivity contribution in [3.05, 3.63) is 70.6 Å². The number of halogens is 2. The summed E-state index contributed by atoms with van der Waals surface area (Å²) in [5.74, 6) is 1.28. The topological polar surface area (TPSA) is 74.6 Å². The van der Waals surface area contributed by atoms with Crippen molar-refractivity contribution in [2.75, 3.05) is 25.6 Å². The molecule has 0 fully saturated rings. The summed E-state index contributed by atoms with van der Waals surface area (Å²) in [4.78, 5) is 12.4. The summed E-state index contributed by atoms with van der Waals surface area (Å²) >= 11 is 5.72. The number of aromatic nitrogens is 2. The molecule has 2 heterocycles. The third-order valence-electron chi connectivity index (χ3n) is 4.56. The van der Waals surface area contributed by atoms with E-state index in [-0.39, 0.29) is 17.5 Å². The van der Waals surface area contributed by atoms with E-state index in [1.807, 2.05) is 0 Å². The van der Waals surface area contributed by atoms with E-state index in [2.05, 4.69) is 10.4 Å². The SMILES string of the molecule is COc1cc(C=CC(=O)Nc2ccnn2Cc2ccc(Cl)c(F)c2)cc2c1OCCO2. The molecule has 9 heteroatoms. The van der Waals surface area contributed by atoms with Crippen LogP contribution in [0.4, 0.5) is 10.2 Å². The molecule has 0 saturated heterocycles. The molecule has 2 aromatic carbocycles. The van der Waals surface area contributed by atoms with Gasteiger partial charge in [-0.15, -0.1) is 0 Å². The Morgan fingerprint density at radius 2 is 2.13 bits per heavy atom. The van der Waals surface area contributed by atoms with Gasteiger partial charge in [-0.25, -0.2) is 9.07 Å². The number of ether oxygens (including phenoxy) is 3. The van der Waals surface area contributed by atoms with Crippen molar-refractivity contribution in [2.24, 2.45) is 0 Å². The highest BCUT2D eigenvalue weighted by molar-refractivity contribution is 6.30. The predicted molar refractivity (Wildman–Crippen MR) is 114 cm³/mol. The van der Waals surface area contributed by atoms with E-state index in [1.54, 1.807) is 48.3 Å². The molecule has 1 aliphatic heterocycles. The lowest BCUT2D eigenvalue weighted by molar-refractivity contribution is -0.111. The highest BCUT2D eigenvalue weighted by Crippen LogP contribution is 2.40. The van der Waals surface area contributed by atoms with Crippen molar-refractivity contribution in [1.82, 2.24) is 9.78 Å². The quantitative estimate of drug-likeness (QED) is 0.579. The zero-order chi connectivity index (χ0) is 21.8. The van der Waals surface area contributed by atoms with Gasteiger partial charge < -0.3 is 19.5 Å². The summed E-state index contributed by atoms with van der Waals surface area (Å²) < 4.78 is 31.8. The van der Waals surface area contributed by atoms with E-state index in [0.717, 1.165) is 5.56 Å². The first-order chi connectivity index (χ1) is 15.0. The number of methoxy groups -OCH3 is 1. The maximum absolute atomic E-state index is 13.7. The lowest BCUT2D eigenvalue weighted by Gasteiger charge is -2.20. The maximum atomic E-state index is 13.7. The predicted octanol–water partition coefficient (Wildman–Crippen LogP) is 4.16. The molecular formula is C22H19ClFN3O4. The van der Waals surface area contributed by atoms with Crippen molar-refractivity contribution >= 4 is 29.4 Å². The fourth-order valence-electron chi connectivity index (χ4n) is 3.11. The van der Waals surface area contributed by atoms with E-state index in [4.69, 9.17) is 25.8 Å². The molecule has 0 bridgehead atoms. The summed E-state index contributed by atoms with van der Waals surface area (Å²) in [5, 5.41) is 7.00. The van der Waals surface area contributed by atoms with Crippen LogP contribution in [-0.2, 0) is 11.3 Å². The first kappa shape index (κ1) is 20.7. The number of benzene rings is 2. The zero-order valence-electron chi connectivity index (χ0n) is 16.6. The number of rotatable bonds is 6. The summed E-state index contributed by atoms with van der Waals surface area (Å²) in [6, 6.07) is 9.72. The number of anilines is 1. The number of hydrogen-bond acceptors (Lipinski definition) is 5. The van der Waals surface area contributed by atoms with Crippen LogP contribution in [0.3, 0.4) is 0 Å². The van der Waals surface area contributed by atoms with E-state index >= 15 is 0 Å². The average molecular weight is 444 g/mol. The number of fused-ring (bicyclic) bond motifs is 1. The number of nitrogens with one attached hydrogen (secondary N) is 1. The largest absolute Gasteiger partial charge is 0.493 e. The molecule has 0 spiro atoms. The number of hydrogen-bond donors (Lipinski definition) is 1. The van der Waals surface area contributed by atoms with Crippen LogP contribution in [0.1, 0.15) is 11.1 Å². The van der Waals surface area contributed by atoms with Crippen molar-refractivity contribution in [3.63, 3.8) is 0 Å². The van der Waals surface area contributed by atoms with Gasteiger partial charge in [0.1, 0.15) is 24.8 Å². The highest BCUT2D eigenvalue weighted by Gasteiger charge is 2.18. The summed E-state index contributed by atoms with van der Waals surface area (Å²) in [5.41, 5.74) is 1.39. The van der Waals surface area contributed by atoms with Gasteiger partial charge in [0.2, 0.25) is 11.7 Å². The number of nitrogens with zero attached hydrogens (tertiary/aromatic N) is 2. The zero-order valence-corrected chi connectivity index (χ0v) is 17.4. The molecule has 0 saturated carbocycles. The Hall–Kier alpha value is -3.52. The van der Waals surface area contributed by atoms with Gasteiger partial charge in [0.25, 0.3) is 0 Å².